The van der Waals surface area contributed by atoms with Crippen molar-refractivity contribution in [2.45, 2.75) is 32.7 Å². The van der Waals surface area contributed by atoms with Crippen LogP contribution in [-0.2, 0) is 0 Å². The van der Waals surface area contributed by atoms with Crippen LogP contribution in [0.4, 0.5) is 5.82 Å². The fourth-order valence-corrected chi connectivity index (χ4v) is 2.21. The largest absolute Gasteiger partial charge is 0.352 e. The van der Waals surface area contributed by atoms with Crippen molar-refractivity contribution in [3.63, 3.8) is 0 Å². The van der Waals surface area contributed by atoms with Gasteiger partial charge in [-0.3, -0.25) is 4.79 Å². The normalized spacial score (nSPS) is 15.5. The van der Waals surface area contributed by atoms with Crippen LogP contribution in [0.25, 0.3) is 0 Å². The van der Waals surface area contributed by atoms with Crippen molar-refractivity contribution in [1.29, 1.82) is 0 Å². The molecule has 0 aliphatic heterocycles. The Labute approximate surface area is 103 Å². The van der Waals surface area contributed by atoms with E-state index < -0.39 is 0 Å². The lowest BCUT2D eigenvalue weighted by molar-refractivity contribution is 0.601. The highest BCUT2D eigenvalue weighted by molar-refractivity contribution is 9.10. The van der Waals surface area contributed by atoms with Crippen LogP contribution in [0.2, 0.25) is 0 Å². The molecule has 1 fully saturated rings. The predicted octanol–water partition coefficient (Wildman–Crippen LogP) is 2.16. The number of hydrogen-bond donors (Lipinski definition) is 1. The zero-order valence-corrected chi connectivity index (χ0v) is 11.1. The third-order valence-corrected chi connectivity index (χ3v) is 3.31. The maximum atomic E-state index is 11.5. The van der Waals surface area contributed by atoms with Crippen LogP contribution in [0.3, 0.4) is 0 Å². The van der Waals surface area contributed by atoms with Crippen molar-refractivity contribution in [2.24, 2.45) is 5.92 Å². The van der Waals surface area contributed by atoms with E-state index in [1.54, 1.807) is 0 Å². The van der Waals surface area contributed by atoms with Gasteiger partial charge in [0.1, 0.15) is 4.47 Å². The second kappa shape index (κ2) is 4.57. The summed E-state index contributed by atoms with van der Waals surface area (Å²) in [4.78, 5) is 20.6. The molecule has 2 rings (SSSR count). The van der Waals surface area contributed by atoms with Gasteiger partial charge in [-0.1, -0.05) is 13.8 Å². The molecule has 0 bridgehead atoms. The number of hydrogen-bond acceptors (Lipinski definition) is 3. The van der Waals surface area contributed by atoms with Gasteiger partial charge >= 0.3 is 0 Å². The maximum absolute atomic E-state index is 11.5. The van der Waals surface area contributed by atoms with Crippen LogP contribution >= 0.6 is 15.9 Å². The molecule has 1 saturated carbocycles. The number of rotatable bonds is 4. The summed E-state index contributed by atoms with van der Waals surface area (Å²) in [6.45, 7) is 5.30. The molecule has 1 aromatic heterocycles. The molecule has 0 amide bonds. The van der Waals surface area contributed by atoms with E-state index in [0.29, 0.717) is 16.4 Å². The van der Waals surface area contributed by atoms with Gasteiger partial charge in [-0.05, 0) is 34.7 Å². The Morgan fingerprint density at radius 2 is 2.31 bits per heavy atom. The van der Waals surface area contributed by atoms with Crippen molar-refractivity contribution in [1.82, 2.24) is 9.97 Å². The van der Waals surface area contributed by atoms with Crippen LogP contribution in [0.15, 0.2) is 15.6 Å². The van der Waals surface area contributed by atoms with Crippen LogP contribution in [-0.4, -0.2) is 22.6 Å². The molecule has 5 heteroatoms. The highest BCUT2D eigenvalue weighted by Gasteiger charge is 2.31. The molecule has 0 saturated heterocycles. The zero-order chi connectivity index (χ0) is 11.7. The zero-order valence-electron chi connectivity index (χ0n) is 9.53. The molecule has 1 heterocycles. The molecule has 1 aromatic rings. The first-order valence-corrected chi connectivity index (χ1v) is 6.38. The quantitative estimate of drug-likeness (QED) is 0.922. The molecule has 88 valence electrons. The first-order chi connectivity index (χ1) is 7.59. The Bertz CT molecular complexity index is 425. The predicted molar refractivity (Wildman–Crippen MR) is 67.8 cm³/mol. The Balaban J connectivity index is 2.31. The van der Waals surface area contributed by atoms with Gasteiger partial charge in [0.05, 0.1) is 6.33 Å². The third-order valence-electron chi connectivity index (χ3n) is 2.60. The summed E-state index contributed by atoms with van der Waals surface area (Å²) in [7, 11) is 0. The number of halogens is 1. The van der Waals surface area contributed by atoms with Gasteiger partial charge in [-0.2, -0.15) is 0 Å². The second-order valence-electron chi connectivity index (χ2n) is 4.65. The number of aromatic amines is 1. The Kier molecular flexibility index (Phi) is 3.33. The molecular weight excluding hydrogens is 270 g/mol. The van der Waals surface area contributed by atoms with Crippen molar-refractivity contribution < 1.29 is 0 Å². The molecule has 1 N–H and O–H groups in total. The summed E-state index contributed by atoms with van der Waals surface area (Å²) in [5, 5.41) is 0. The van der Waals surface area contributed by atoms with Gasteiger partial charge in [-0.25, -0.2) is 4.98 Å². The molecule has 4 nitrogen and oxygen atoms in total. The third kappa shape index (κ3) is 2.45. The standard InChI is InChI=1S/C11H16BrN3O/c1-7(2)5-15(8-3-4-8)10-9(12)11(16)14-6-13-10/h6-8H,3-5H2,1-2H3,(H,13,14,16). The summed E-state index contributed by atoms with van der Waals surface area (Å²) in [6.07, 6.45) is 3.87. The molecule has 0 aromatic carbocycles. The summed E-state index contributed by atoms with van der Waals surface area (Å²) in [5.74, 6) is 1.34. The molecule has 1 aliphatic carbocycles. The highest BCUT2D eigenvalue weighted by Crippen LogP contribution is 2.33. The number of nitrogens with zero attached hydrogens (tertiary/aromatic N) is 2. The monoisotopic (exact) mass is 285 g/mol. The van der Waals surface area contributed by atoms with Crippen LogP contribution < -0.4 is 10.5 Å². The minimum Gasteiger partial charge on any atom is -0.352 e. The van der Waals surface area contributed by atoms with E-state index in [0.717, 1.165) is 12.4 Å². The maximum Gasteiger partial charge on any atom is 0.267 e. The SMILES string of the molecule is CC(C)CN(c1nc[nH]c(=O)c1Br)C1CC1. The van der Waals surface area contributed by atoms with Gasteiger partial charge in [-0.15, -0.1) is 0 Å². The van der Waals surface area contributed by atoms with Crippen molar-refractivity contribution in [3.8, 4) is 0 Å². The molecule has 0 radical (unpaired) electrons. The van der Waals surface area contributed by atoms with Gasteiger partial charge in [0.15, 0.2) is 5.82 Å². The van der Waals surface area contributed by atoms with E-state index in [9.17, 15) is 4.79 Å². The van der Waals surface area contributed by atoms with E-state index in [2.05, 4.69) is 44.6 Å². The van der Waals surface area contributed by atoms with E-state index in [1.165, 1.54) is 19.2 Å². The molecule has 16 heavy (non-hydrogen) atoms. The van der Waals surface area contributed by atoms with Crippen LogP contribution in [0.5, 0.6) is 0 Å². The van der Waals surface area contributed by atoms with Crippen LogP contribution in [0.1, 0.15) is 26.7 Å². The first-order valence-electron chi connectivity index (χ1n) is 5.59. The van der Waals surface area contributed by atoms with Gasteiger partial charge in [0.2, 0.25) is 0 Å². The molecular formula is C11H16BrN3O. The van der Waals surface area contributed by atoms with E-state index in [1.807, 2.05) is 0 Å². The fourth-order valence-electron chi connectivity index (χ4n) is 1.76. The van der Waals surface area contributed by atoms with Gasteiger partial charge in [0.25, 0.3) is 5.56 Å². The lowest BCUT2D eigenvalue weighted by atomic mass is 10.2. The highest BCUT2D eigenvalue weighted by atomic mass is 79.9. The lowest BCUT2D eigenvalue weighted by Gasteiger charge is -2.25. The van der Waals surface area contributed by atoms with E-state index in [-0.39, 0.29) is 5.56 Å². The minimum absolute atomic E-state index is 0.112. The topological polar surface area (TPSA) is 49.0 Å². The Morgan fingerprint density at radius 3 is 2.88 bits per heavy atom. The molecule has 1 aliphatic rings. The average Bonchev–Trinajstić information content (AvgIpc) is 3.02. The van der Waals surface area contributed by atoms with E-state index in [4.69, 9.17) is 0 Å². The van der Waals surface area contributed by atoms with Crippen molar-refractivity contribution in [2.75, 3.05) is 11.4 Å². The fraction of sp³-hybridized carbons (Fsp3) is 0.636. The van der Waals surface area contributed by atoms with Gasteiger partial charge < -0.3 is 9.88 Å². The van der Waals surface area contributed by atoms with Gasteiger partial charge in [0, 0.05) is 12.6 Å². The summed E-state index contributed by atoms with van der Waals surface area (Å²) < 4.78 is 0.544. The minimum atomic E-state index is -0.112. The molecule has 0 unspecified atom stereocenters. The second-order valence-corrected chi connectivity index (χ2v) is 5.44. The molecule has 0 spiro atoms. The average molecular weight is 286 g/mol. The van der Waals surface area contributed by atoms with E-state index >= 15 is 0 Å². The number of aromatic nitrogens is 2. The van der Waals surface area contributed by atoms with Crippen molar-refractivity contribution in [3.05, 3.63) is 21.2 Å². The number of H-pyrrole nitrogens is 1. The Morgan fingerprint density at radius 1 is 1.62 bits per heavy atom. The summed E-state index contributed by atoms with van der Waals surface area (Å²) in [5.41, 5.74) is -0.112. The first kappa shape index (κ1) is 11.6. The Hall–Kier alpha value is -0.840. The summed E-state index contributed by atoms with van der Waals surface area (Å²) >= 11 is 3.32. The molecule has 0 atom stereocenters. The lowest BCUT2D eigenvalue weighted by Crippen LogP contribution is -2.32. The van der Waals surface area contributed by atoms with Crippen molar-refractivity contribution >= 4 is 21.7 Å². The van der Waals surface area contributed by atoms with Crippen LogP contribution in [0, 0.1) is 5.92 Å². The smallest absolute Gasteiger partial charge is 0.267 e. The number of nitrogens with one attached hydrogen (secondary N) is 1. The summed E-state index contributed by atoms with van der Waals surface area (Å²) in [6, 6.07) is 0.563. The number of anilines is 1.